The van der Waals surface area contributed by atoms with Gasteiger partial charge in [-0.15, -0.1) is 0 Å². The fourth-order valence-electron chi connectivity index (χ4n) is 1.38. The molecule has 0 aliphatic carbocycles. The van der Waals surface area contributed by atoms with Crippen LogP contribution < -0.4 is 5.32 Å². The highest BCUT2D eigenvalue weighted by atomic mass is 19.1. The van der Waals surface area contributed by atoms with E-state index in [-0.39, 0.29) is 18.3 Å². The van der Waals surface area contributed by atoms with Gasteiger partial charge >= 0.3 is 0 Å². The first kappa shape index (κ1) is 10.4. The summed E-state index contributed by atoms with van der Waals surface area (Å²) < 4.78 is 13.2. The van der Waals surface area contributed by atoms with E-state index in [0.29, 0.717) is 11.1 Å². The molecule has 0 spiro atoms. The first-order chi connectivity index (χ1) is 7.77. The van der Waals surface area contributed by atoms with Crippen molar-refractivity contribution in [3.05, 3.63) is 59.7 Å². The highest BCUT2D eigenvalue weighted by Gasteiger charge is 2.06. The number of carbonyl (C=O) groups excluding carboxylic acids is 1. The number of hydrogen-bond donors (Lipinski definition) is 2. The lowest BCUT2D eigenvalue weighted by Gasteiger charge is -2.04. The summed E-state index contributed by atoms with van der Waals surface area (Å²) >= 11 is 0. The summed E-state index contributed by atoms with van der Waals surface area (Å²) in [5.74, 6) is -0.527. The molecule has 1 aromatic carbocycles. The van der Waals surface area contributed by atoms with Crippen molar-refractivity contribution in [1.82, 2.24) is 10.3 Å². The molecule has 2 rings (SSSR count). The van der Waals surface area contributed by atoms with Gasteiger partial charge in [-0.1, -0.05) is 18.2 Å². The molecule has 2 N–H and O–H groups in total. The van der Waals surface area contributed by atoms with E-state index in [4.69, 9.17) is 0 Å². The zero-order chi connectivity index (χ0) is 11.4. The largest absolute Gasteiger partial charge is 0.367 e. The van der Waals surface area contributed by atoms with Crippen LogP contribution in [-0.2, 0) is 6.54 Å². The van der Waals surface area contributed by atoms with E-state index >= 15 is 0 Å². The normalized spacial score (nSPS) is 10.1. The Hall–Kier alpha value is -2.10. The molecule has 0 radical (unpaired) electrons. The first-order valence-corrected chi connectivity index (χ1v) is 4.92. The number of nitrogens with one attached hydrogen (secondary N) is 2. The third-order valence-electron chi connectivity index (χ3n) is 2.26. The van der Waals surface area contributed by atoms with E-state index in [1.54, 1.807) is 36.7 Å². The second-order valence-corrected chi connectivity index (χ2v) is 3.37. The first-order valence-electron chi connectivity index (χ1n) is 4.92. The lowest BCUT2D eigenvalue weighted by atomic mass is 10.2. The fourth-order valence-corrected chi connectivity index (χ4v) is 1.38. The highest BCUT2D eigenvalue weighted by molar-refractivity contribution is 5.93. The molecule has 82 valence electrons. The molecule has 1 heterocycles. The highest BCUT2D eigenvalue weighted by Crippen LogP contribution is 2.06. The molecule has 0 unspecified atom stereocenters. The van der Waals surface area contributed by atoms with Crippen LogP contribution in [0.25, 0.3) is 0 Å². The van der Waals surface area contributed by atoms with Gasteiger partial charge in [-0.05, 0) is 12.1 Å². The molecule has 3 nitrogen and oxygen atoms in total. The van der Waals surface area contributed by atoms with Gasteiger partial charge in [0.2, 0.25) is 0 Å². The molecular weight excluding hydrogens is 207 g/mol. The summed E-state index contributed by atoms with van der Waals surface area (Å²) in [5, 5.41) is 2.64. The van der Waals surface area contributed by atoms with Crippen molar-refractivity contribution in [3.63, 3.8) is 0 Å². The van der Waals surface area contributed by atoms with Crippen molar-refractivity contribution < 1.29 is 9.18 Å². The molecule has 16 heavy (non-hydrogen) atoms. The number of carbonyl (C=O) groups is 1. The van der Waals surface area contributed by atoms with Crippen LogP contribution in [0.4, 0.5) is 4.39 Å². The van der Waals surface area contributed by atoms with E-state index in [0.717, 1.165) is 0 Å². The van der Waals surface area contributed by atoms with Crippen molar-refractivity contribution in [3.8, 4) is 0 Å². The van der Waals surface area contributed by atoms with Crippen LogP contribution >= 0.6 is 0 Å². The topological polar surface area (TPSA) is 44.9 Å². The van der Waals surface area contributed by atoms with Crippen LogP contribution in [0.5, 0.6) is 0 Å². The Morgan fingerprint density at radius 2 is 2.12 bits per heavy atom. The molecule has 0 bridgehead atoms. The Bertz CT molecular complexity index is 480. The van der Waals surface area contributed by atoms with Crippen LogP contribution in [0.2, 0.25) is 0 Å². The van der Waals surface area contributed by atoms with Crippen LogP contribution in [-0.4, -0.2) is 10.9 Å². The molecule has 0 aliphatic heterocycles. The van der Waals surface area contributed by atoms with Gasteiger partial charge < -0.3 is 10.3 Å². The summed E-state index contributed by atoms with van der Waals surface area (Å²) in [5.41, 5.74) is 1.02. The van der Waals surface area contributed by atoms with Crippen molar-refractivity contribution in [1.29, 1.82) is 0 Å². The van der Waals surface area contributed by atoms with Crippen molar-refractivity contribution >= 4 is 5.91 Å². The maximum atomic E-state index is 13.2. The Morgan fingerprint density at radius 1 is 1.31 bits per heavy atom. The van der Waals surface area contributed by atoms with Gasteiger partial charge in [0.05, 0.1) is 5.56 Å². The Balaban J connectivity index is 1.98. The monoisotopic (exact) mass is 218 g/mol. The van der Waals surface area contributed by atoms with Crippen molar-refractivity contribution in [2.75, 3.05) is 0 Å². The smallest absolute Gasteiger partial charge is 0.253 e. The van der Waals surface area contributed by atoms with Crippen LogP contribution in [0.3, 0.4) is 0 Å². The fraction of sp³-hybridized carbons (Fsp3) is 0.0833. The van der Waals surface area contributed by atoms with Gasteiger partial charge in [-0.25, -0.2) is 4.39 Å². The second-order valence-electron chi connectivity index (χ2n) is 3.37. The number of hydrogen-bond acceptors (Lipinski definition) is 1. The molecule has 1 amide bonds. The summed E-state index contributed by atoms with van der Waals surface area (Å²) in [4.78, 5) is 14.3. The summed E-state index contributed by atoms with van der Waals surface area (Å²) in [6, 6.07) is 8.04. The lowest BCUT2D eigenvalue weighted by molar-refractivity contribution is 0.0951. The van der Waals surface area contributed by atoms with E-state index in [1.165, 1.54) is 6.07 Å². The number of aromatic nitrogens is 1. The van der Waals surface area contributed by atoms with Gasteiger partial charge in [0.15, 0.2) is 0 Å². The Kier molecular flexibility index (Phi) is 3.00. The number of amides is 1. The molecule has 0 atom stereocenters. The van der Waals surface area contributed by atoms with Crippen molar-refractivity contribution in [2.45, 2.75) is 6.54 Å². The number of halogens is 1. The molecule has 0 saturated heterocycles. The molecular formula is C12H11FN2O. The van der Waals surface area contributed by atoms with Gasteiger partial charge in [0.1, 0.15) is 5.82 Å². The average Bonchev–Trinajstić information content (AvgIpc) is 2.81. The Labute approximate surface area is 92.3 Å². The van der Waals surface area contributed by atoms with Crippen molar-refractivity contribution in [2.24, 2.45) is 0 Å². The molecule has 0 fully saturated rings. The quantitative estimate of drug-likeness (QED) is 0.814. The van der Waals surface area contributed by atoms with Gasteiger partial charge in [-0.2, -0.15) is 0 Å². The predicted molar refractivity (Wildman–Crippen MR) is 58.4 cm³/mol. The molecule has 0 saturated carbocycles. The van der Waals surface area contributed by atoms with E-state index < -0.39 is 0 Å². The second kappa shape index (κ2) is 4.61. The molecule has 1 aromatic heterocycles. The summed E-state index contributed by atoms with van der Waals surface area (Å²) in [6.07, 6.45) is 3.26. The van der Waals surface area contributed by atoms with Gasteiger partial charge in [-0.3, -0.25) is 4.79 Å². The maximum absolute atomic E-state index is 13.2. The minimum Gasteiger partial charge on any atom is -0.367 e. The number of H-pyrrole nitrogens is 1. The maximum Gasteiger partial charge on any atom is 0.253 e. The van der Waals surface area contributed by atoms with Crippen LogP contribution in [0.15, 0.2) is 42.7 Å². The van der Waals surface area contributed by atoms with E-state index in [9.17, 15) is 9.18 Å². The molecule has 2 aromatic rings. The minimum atomic E-state index is -0.308. The third kappa shape index (κ3) is 2.28. The Morgan fingerprint density at radius 3 is 2.81 bits per heavy atom. The van der Waals surface area contributed by atoms with Gasteiger partial charge in [0.25, 0.3) is 5.91 Å². The summed E-state index contributed by atoms with van der Waals surface area (Å²) in [6.45, 7) is 0.191. The molecule has 4 heteroatoms. The minimum absolute atomic E-state index is 0.191. The third-order valence-corrected chi connectivity index (χ3v) is 2.26. The number of benzene rings is 1. The standard InChI is InChI=1S/C12H11FN2O/c13-11-4-2-1-3-9(11)8-15-12(16)10-5-6-14-7-10/h1-7,14H,8H2,(H,15,16). The van der Waals surface area contributed by atoms with E-state index in [1.807, 2.05) is 0 Å². The molecule has 0 aliphatic rings. The van der Waals surface area contributed by atoms with E-state index in [2.05, 4.69) is 10.3 Å². The zero-order valence-electron chi connectivity index (χ0n) is 8.53. The zero-order valence-corrected chi connectivity index (χ0v) is 8.53. The average molecular weight is 218 g/mol. The SMILES string of the molecule is O=C(NCc1ccccc1F)c1cc[nH]c1. The predicted octanol–water partition coefficient (Wildman–Crippen LogP) is 2.08. The summed E-state index contributed by atoms with van der Waals surface area (Å²) in [7, 11) is 0. The lowest BCUT2D eigenvalue weighted by Crippen LogP contribution is -2.22. The van der Waals surface area contributed by atoms with Crippen LogP contribution in [0.1, 0.15) is 15.9 Å². The van der Waals surface area contributed by atoms with Gasteiger partial charge in [0, 0.05) is 24.5 Å². The number of aromatic amines is 1. The van der Waals surface area contributed by atoms with Crippen LogP contribution in [0, 0.1) is 5.82 Å². The number of rotatable bonds is 3.